The van der Waals surface area contributed by atoms with Crippen LogP contribution in [0.3, 0.4) is 0 Å². The van der Waals surface area contributed by atoms with Gasteiger partial charge in [0.25, 0.3) is 0 Å². The smallest absolute Gasteiger partial charge is 0.143 e. The molecule has 0 saturated heterocycles. The van der Waals surface area contributed by atoms with E-state index in [0.717, 1.165) is 0 Å². The fraction of sp³-hybridized carbons (Fsp3) is 0. The molecule has 6 nitrogen and oxygen atoms in total. The first-order chi connectivity index (χ1) is 9.68. The second kappa shape index (κ2) is 14.7. The van der Waals surface area contributed by atoms with Crippen molar-refractivity contribution in [2.24, 2.45) is 0 Å². The van der Waals surface area contributed by atoms with Gasteiger partial charge in [-0.05, 0) is 11.8 Å². The predicted octanol–water partition coefficient (Wildman–Crippen LogP) is -1.21. The Labute approximate surface area is 144 Å². The fourth-order valence-corrected chi connectivity index (χ4v) is 0.871. The Hall–Kier alpha value is -2.73. The van der Waals surface area contributed by atoms with E-state index in [2.05, 4.69) is 0 Å². The molecule has 0 fully saturated rings. The van der Waals surface area contributed by atoms with Crippen LogP contribution < -0.4 is 0 Å². The van der Waals surface area contributed by atoms with E-state index in [1.807, 2.05) is 11.8 Å². The molecule has 0 unspecified atom stereocenters. The van der Waals surface area contributed by atoms with Crippen LogP contribution in [0.4, 0.5) is 0 Å². The molecule has 0 aromatic rings. The van der Waals surface area contributed by atoms with Crippen LogP contribution in [0, 0.1) is 11.8 Å². The number of hydrogen-bond acceptors (Lipinski definition) is 6. The van der Waals surface area contributed by atoms with Gasteiger partial charge in [-0.1, -0.05) is 0 Å². The third-order valence-electron chi connectivity index (χ3n) is 1.67. The molecule has 8 heteroatoms. The topological polar surface area (TPSA) is 102 Å². The first-order valence-electron chi connectivity index (χ1n) is 4.63. The van der Waals surface area contributed by atoms with E-state index in [1.54, 1.807) is 0 Å². The van der Waals surface area contributed by atoms with Gasteiger partial charge in [-0.3, -0.25) is 0 Å². The van der Waals surface area contributed by atoms with Gasteiger partial charge in [0.1, 0.15) is 52.4 Å². The zero-order valence-corrected chi connectivity index (χ0v) is 12.4. The van der Waals surface area contributed by atoms with Crippen LogP contribution in [0.1, 0.15) is 0 Å². The maximum absolute atomic E-state index is 10.7. The van der Waals surface area contributed by atoms with E-state index in [-0.39, 0.29) is 33.6 Å². The molecule has 0 aliphatic carbocycles. The zero-order chi connectivity index (χ0) is 15.4. The molecule has 0 spiro atoms. The van der Waals surface area contributed by atoms with Crippen molar-refractivity contribution in [3.05, 3.63) is 34.4 Å². The molecular formula is C14H2Co2O6. The van der Waals surface area contributed by atoms with E-state index >= 15 is 0 Å². The first-order valence-corrected chi connectivity index (χ1v) is 4.63. The summed E-state index contributed by atoms with van der Waals surface area (Å²) in [6.07, 6.45) is 1.20. The molecule has 0 rings (SSSR count). The molecule has 0 saturated carbocycles. The van der Waals surface area contributed by atoms with Gasteiger partial charge < -0.3 is 0 Å². The van der Waals surface area contributed by atoms with Crippen LogP contribution in [0.25, 0.3) is 0 Å². The quantitative estimate of drug-likeness (QED) is 0.343. The maximum atomic E-state index is 10.7. The predicted molar refractivity (Wildman–Crippen MR) is 65.1 cm³/mol. The molecule has 0 aromatic heterocycles. The van der Waals surface area contributed by atoms with Crippen LogP contribution in [-0.2, 0) is 62.3 Å². The Morgan fingerprint density at radius 3 is 1.59 bits per heavy atom. The summed E-state index contributed by atoms with van der Waals surface area (Å²) in [5.41, 5.74) is -2.38. The average molecular weight is 384 g/mol. The van der Waals surface area contributed by atoms with Gasteiger partial charge in [0.05, 0.1) is 5.57 Å². The van der Waals surface area contributed by atoms with Crippen molar-refractivity contribution in [3.63, 3.8) is 0 Å². The largest absolute Gasteiger partial charge is 0.233 e. The minimum Gasteiger partial charge on any atom is -0.233 e. The van der Waals surface area contributed by atoms with Crippen LogP contribution in [0.5, 0.6) is 0 Å². The second-order valence-electron chi connectivity index (χ2n) is 2.76. The number of rotatable bonds is 4. The van der Waals surface area contributed by atoms with Gasteiger partial charge in [0.2, 0.25) is 0 Å². The van der Waals surface area contributed by atoms with Gasteiger partial charge in [-0.25, -0.2) is 28.8 Å². The number of carbonyl (C=O) groups excluding carboxylic acids is 6. The van der Waals surface area contributed by atoms with Crippen molar-refractivity contribution < 1.29 is 62.3 Å². The Morgan fingerprint density at radius 2 is 1.23 bits per heavy atom. The monoisotopic (exact) mass is 384 g/mol. The summed E-state index contributed by atoms with van der Waals surface area (Å²) in [4.78, 5) is 62.4. The number of allylic oxidation sites excluding steroid dienone is 6. The van der Waals surface area contributed by atoms with Crippen molar-refractivity contribution in [1.82, 2.24) is 0 Å². The van der Waals surface area contributed by atoms with Gasteiger partial charge in [-0.15, -0.1) is 0 Å². The molecule has 0 aliphatic rings. The van der Waals surface area contributed by atoms with Crippen molar-refractivity contribution in [1.29, 1.82) is 0 Å². The van der Waals surface area contributed by atoms with Gasteiger partial charge in [-0.2, -0.15) is 0 Å². The van der Waals surface area contributed by atoms with Crippen LogP contribution in [0.15, 0.2) is 34.4 Å². The minimum atomic E-state index is -0.675. The Kier molecular flexibility index (Phi) is 16.2. The van der Waals surface area contributed by atoms with E-state index in [0.29, 0.717) is 12.2 Å². The molecule has 0 N–H and O–H groups in total. The van der Waals surface area contributed by atoms with E-state index < -0.39 is 22.3 Å². The van der Waals surface area contributed by atoms with Gasteiger partial charge in [0.15, 0.2) is 0 Å². The van der Waals surface area contributed by atoms with Crippen LogP contribution in [-0.4, -0.2) is 35.6 Å². The fourth-order valence-electron chi connectivity index (χ4n) is 0.871. The summed E-state index contributed by atoms with van der Waals surface area (Å²) >= 11 is 0. The van der Waals surface area contributed by atoms with E-state index in [1.165, 1.54) is 35.6 Å². The van der Waals surface area contributed by atoms with E-state index in [4.69, 9.17) is 0 Å². The van der Waals surface area contributed by atoms with Gasteiger partial charge in [0, 0.05) is 45.7 Å². The molecule has 112 valence electrons. The van der Waals surface area contributed by atoms with Crippen molar-refractivity contribution in [2.45, 2.75) is 0 Å². The molecule has 0 atom stereocenters. The zero-order valence-electron chi connectivity index (χ0n) is 10.3. The van der Waals surface area contributed by atoms with Crippen LogP contribution in [0.2, 0.25) is 0 Å². The van der Waals surface area contributed by atoms with Crippen LogP contribution >= 0.6 is 0 Å². The number of hydrogen-bond donors (Lipinski definition) is 0. The molecule has 0 heterocycles. The summed E-state index contributed by atoms with van der Waals surface area (Å²) < 4.78 is 0. The maximum Gasteiger partial charge on any atom is 0.143 e. The summed E-state index contributed by atoms with van der Waals surface area (Å²) in [5.74, 6) is 11.5. The third kappa shape index (κ3) is 7.76. The summed E-state index contributed by atoms with van der Waals surface area (Å²) in [5, 5.41) is 0. The molecular weight excluding hydrogens is 382 g/mol. The minimum absolute atomic E-state index is 0. The summed E-state index contributed by atoms with van der Waals surface area (Å²) in [6.45, 7) is 0. The Morgan fingerprint density at radius 1 is 0.636 bits per heavy atom. The molecule has 0 aromatic carbocycles. The first kappa shape index (κ1) is 24.3. The van der Waals surface area contributed by atoms with Crippen molar-refractivity contribution >= 4 is 35.6 Å². The average Bonchev–Trinajstić information content (AvgIpc) is 2.48. The van der Waals surface area contributed by atoms with E-state index in [9.17, 15) is 28.8 Å². The van der Waals surface area contributed by atoms with Gasteiger partial charge >= 0.3 is 0 Å². The second-order valence-corrected chi connectivity index (χ2v) is 2.76. The Bertz CT molecular complexity index is 788. The molecule has 0 amide bonds. The van der Waals surface area contributed by atoms with Crippen molar-refractivity contribution in [2.75, 3.05) is 0 Å². The Balaban J connectivity index is -0.00000180. The molecule has 22 heavy (non-hydrogen) atoms. The molecule has 0 aliphatic heterocycles. The third-order valence-corrected chi connectivity index (χ3v) is 1.67. The standard InChI is InChI=1S/C14H2O6.2Co/c15-5-3-11(7-17)1-2-12(8-18)14(10-20)13(9-19)4-6-16;;/h3-4H;;. The normalized spacial score (nSPS) is 6.00. The molecule has 0 bridgehead atoms. The van der Waals surface area contributed by atoms with Crippen molar-refractivity contribution in [3.8, 4) is 11.8 Å². The summed E-state index contributed by atoms with van der Waals surface area (Å²) in [7, 11) is 0. The summed E-state index contributed by atoms with van der Waals surface area (Å²) in [6, 6.07) is 0. The molecule has 2 radical (unpaired) electrons. The SMILES string of the molecule is O=C=CC(=C=O)C#CC(=C=O)C(=C=O)C(=C=O)C=C=O.[Co].[Co].